The van der Waals surface area contributed by atoms with Gasteiger partial charge in [0, 0.05) is 12.1 Å². The molecule has 0 spiro atoms. The van der Waals surface area contributed by atoms with Gasteiger partial charge in [-0.05, 0) is 54.6 Å². The topological polar surface area (TPSA) is 12.0 Å². The first kappa shape index (κ1) is 15.1. The first-order chi connectivity index (χ1) is 10.1. The molecule has 1 fully saturated rings. The van der Waals surface area contributed by atoms with Crippen molar-refractivity contribution in [3.63, 3.8) is 0 Å². The van der Waals surface area contributed by atoms with E-state index in [0.29, 0.717) is 17.5 Å². The summed E-state index contributed by atoms with van der Waals surface area (Å²) in [6, 6.07) is 10.4. The Balaban J connectivity index is 1.77. The Morgan fingerprint density at radius 1 is 0.952 bits per heavy atom. The summed E-state index contributed by atoms with van der Waals surface area (Å²) in [6.45, 7) is 7.27. The highest BCUT2D eigenvalue weighted by Gasteiger charge is 2.35. The molecule has 2 aliphatic carbocycles. The third kappa shape index (κ3) is 3.34. The zero-order valence-corrected chi connectivity index (χ0v) is 14.0. The van der Waals surface area contributed by atoms with Crippen LogP contribution < -0.4 is 5.32 Å². The molecule has 0 amide bonds. The molecule has 3 rings (SSSR count). The van der Waals surface area contributed by atoms with Gasteiger partial charge in [0.2, 0.25) is 0 Å². The fourth-order valence-electron chi connectivity index (χ4n) is 4.55. The molecule has 3 atom stereocenters. The second-order valence-electron chi connectivity index (χ2n) is 8.17. The van der Waals surface area contributed by atoms with Crippen LogP contribution in [0.4, 0.5) is 0 Å². The Morgan fingerprint density at radius 3 is 2.52 bits per heavy atom. The van der Waals surface area contributed by atoms with Crippen molar-refractivity contribution >= 4 is 0 Å². The number of aryl methyl sites for hydroxylation is 1. The molecule has 0 saturated heterocycles. The lowest BCUT2D eigenvalue weighted by Gasteiger charge is -2.43. The van der Waals surface area contributed by atoms with Crippen LogP contribution >= 0.6 is 0 Å². The fourth-order valence-corrected chi connectivity index (χ4v) is 4.55. The van der Waals surface area contributed by atoms with Crippen molar-refractivity contribution < 1.29 is 0 Å². The second kappa shape index (κ2) is 6.12. The predicted octanol–water partition coefficient (Wildman–Crippen LogP) is 5.26. The molecule has 1 aromatic rings. The van der Waals surface area contributed by atoms with E-state index >= 15 is 0 Å². The summed E-state index contributed by atoms with van der Waals surface area (Å²) >= 11 is 0. The van der Waals surface area contributed by atoms with Crippen LogP contribution in [0.1, 0.15) is 76.5 Å². The van der Waals surface area contributed by atoms with Crippen LogP contribution in [-0.2, 0) is 6.42 Å². The number of hydrogen-bond donors (Lipinski definition) is 1. The van der Waals surface area contributed by atoms with Crippen LogP contribution in [0.2, 0.25) is 0 Å². The third-order valence-corrected chi connectivity index (χ3v) is 5.66. The van der Waals surface area contributed by atoms with Crippen molar-refractivity contribution in [2.45, 2.75) is 77.8 Å². The summed E-state index contributed by atoms with van der Waals surface area (Å²) in [4.78, 5) is 0. The van der Waals surface area contributed by atoms with Gasteiger partial charge in [-0.2, -0.15) is 0 Å². The van der Waals surface area contributed by atoms with E-state index in [4.69, 9.17) is 0 Å². The molecule has 0 radical (unpaired) electrons. The highest BCUT2D eigenvalue weighted by Crippen LogP contribution is 2.40. The molecule has 2 aliphatic rings. The summed E-state index contributed by atoms with van der Waals surface area (Å²) in [5.74, 6) is 0.820. The molecule has 0 heterocycles. The Bertz CT molecular complexity index is 471. The van der Waals surface area contributed by atoms with E-state index < -0.39 is 0 Å². The number of fused-ring (bicyclic) bond motifs is 1. The van der Waals surface area contributed by atoms with E-state index in [0.717, 1.165) is 5.92 Å². The minimum atomic E-state index is 0.423. The van der Waals surface area contributed by atoms with Gasteiger partial charge in [-0.3, -0.25) is 0 Å². The monoisotopic (exact) mass is 285 g/mol. The summed E-state index contributed by atoms with van der Waals surface area (Å²) in [7, 11) is 0. The summed E-state index contributed by atoms with van der Waals surface area (Å²) in [5, 5.41) is 4.07. The van der Waals surface area contributed by atoms with Gasteiger partial charge >= 0.3 is 0 Å². The minimum Gasteiger partial charge on any atom is -0.307 e. The van der Waals surface area contributed by atoms with Crippen LogP contribution in [0.25, 0.3) is 0 Å². The van der Waals surface area contributed by atoms with Crippen LogP contribution in [0.5, 0.6) is 0 Å². The molecule has 21 heavy (non-hydrogen) atoms. The summed E-state index contributed by atoms with van der Waals surface area (Å²) in [5.41, 5.74) is 3.57. The molecular weight excluding hydrogens is 254 g/mol. The molecule has 1 heteroatoms. The molecular formula is C20H31N. The molecule has 1 N–H and O–H groups in total. The summed E-state index contributed by atoms with van der Waals surface area (Å²) < 4.78 is 0. The maximum Gasteiger partial charge on any atom is 0.0325 e. The Kier molecular flexibility index (Phi) is 4.40. The average molecular weight is 285 g/mol. The zero-order chi connectivity index (χ0) is 14.9. The van der Waals surface area contributed by atoms with E-state index in [2.05, 4.69) is 50.4 Å². The first-order valence-corrected chi connectivity index (χ1v) is 8.89. The third-order valence-electron chi connectivity index (χ3n) is 5.66. The molecule has 3 unspecified atom stereocenters. The van der Waals surface area contributed by atoms with Gasteiger partial charge in [-0.1, -0.05) is 57.9 Å². The van der Waals surface area contributed by atoms with E-state index in [1.54, 1.807) is 11.1 Å². The lowest BCUT2D eigenvalue weighted by atomic mass is 9.69. The minimum absolute atomic E-state index is 0.423. The predicted molar refractivity (Wildman–Crippen MR) is 90.5 cm³/mol. The smallest absolute Gasteiger partial charge is 0.0325 e. The molecule has 116 valence electrons. The van der Waals surface area contributed by atoms with E-state index in [-0.39, 0.29) is 0 Å². The first-order valence-electron chi connectivity index (χ1n) is 8.89. The normalized spacial score (nSPS) is 30.0. The average Bonchev–Trinajstić information content (AvgIpc) is 2.47. The largest absolute Gasteiger partial charge is 0.307 e. The van der Waals surface area contributed by atoms with Crippen LogP contribution in [0.3, 0.4) is 0 Å². The van der Waals surface area contributed by atoms with Crippen LogP contribution in [-0.4, -0.2) is 6.04 Å². The van der Waals surface area contributed by atoms with Gasteiger partial charge in [-0.15, -0.1) is 0 Å². The highest BCUT2D eigenvalue weighted by atomic mass is 15.0. The van der Waals surface area contributed by atoms with Crippen molar-refractivity contribution in [2.24, 2.45) is 11.3 Å². The number of rotatable bonds is 2. The lowest BCUT2D eigenvalue weighted by Crippen LogP contribution is -2.46. The standard InChI is InChI=1S/C20H31N/c1-20(2,3)17-12-6-7-13-19(17)21-18-14-8-10-15-9-4-5-11-16(15)18/h4-5,9,11,17-19,21H,6-8,10,12-14H2,1-3H3. The van der Waals surface area contributed by atoms with Crippen LogP contribution in [0.15, 0.2) is 24.3 Å². The number of nitrogens with one attached hydrogen (secondary N) is 1. The maximum atomic E-state index is 4.07. The van der Waals surface area contributed by atoms with Gasteiger partial charge < -0.3 is 5.32 Å². The van der Waals surface area contributed by atoms with Gasteiger partial charge in [-0.25, -0.2) is 0 Å². The molecule has 1 saturated carbocycles. The number of hydrogen-bond acceptors (Lipinski definition) is 1. The molecule has 0 bridgehead atoms. The quantitative estimate of drug-likeness (QED) is 0.781. The van der Waals surface area contributed by atoms with Gasteiger partial charge in [0.1, 0.15) is 0 Å². The maximum absolute atomic E-state index is 4.07. The lowest BCUT2D eigenvalue weighted by molar-refractivity contribution is 0.120. The number of benzene rings is 1. The fraction of sp³-hybridized carbons (Fsp3) is 0.700. The molecule has 1 nitrogen and oxygen atoms in total. The molecule has 0 aliphatic heterocycles. The van der Waals surface area contributed by atoms with E-state index in [9.17, 15) is 0 Å². The van der Waals surface area contributed by atoms with Gasteiger partial charge in [0.15, 0.2) is 0 Å². The van der Waals surface area contributed by atoms with Crippen molar-refractivity contribution in [3.05, 3.63) is 35.4 Å². The Labute approximate surface area is 130 Å². The van der Waals surface area contributed by atoms with Crippen molar-refractivity contribution in [3.8, 4) is 0 Å². The highest BCUT2D eigenvalue weighted by molar-refractivity contribution is 5.32. The van der Waals surface area contributed by atoms with E-state index in [1.165, 1.54) is 44.9 Å². The van der Waals surface area contributed by atoms with Crippen LogP contribution in [0, 0.1) is 11.3 Å². The molecule has 1 aromatic carbocycles. The van der Waals surface area contributed by atoms with Crippen molar-refractivity contribution in [2.75, 3.05) is 0 Å². The van der Waals surface area contributed by atoms with E-state index in [1.807, 2.05) is 0 Å². The van der Waals surface area contributed by atoms with Gasteiger partial charge in [0.25, 0.3) is 0 Å². The molecule has 0 aromatic heterocycles. The summed E-state index contributed by atoms with van der Waals surface area (Å²) in [6.07, 6.45) is 9.49. The Morgan fingerprint density at radius 2 is 1.71 bits per heavy atom. The van der Waals surface area contributed by atoms with Gasteiger partial charge in [0.05, 0.1) is 0 Å². The van der Waals surface area contributed by atoms with Crippen molar-refractivity contribution in [1.82, 2.24) is 5.32 Å². The zero-order valence-electron chi connectivity index (χ0n) is 14.0. The second-order valence-corrected chi connectivity index (χ2v) is 8.17. The van der Waals surface area contributed by atoms with Crippen molar-refractivity contribution in [1.29, 1.82) is 0 Å². The Hall–Kier alpha value is -0.820. The SMILES string of the molecule is CC(C)(C)C1CCCCC1NC1CCCc2ccccc21.